The van der Waals surface area contributed by atoms with Crippen molar-refractivity contribution in [2.24, 2.45) is 0 Å². The van der Waals surface area contributed by atoms with E-state index in [2.05, 4.69) is 42.8 Å². The largest absolute Gasteiger partial charge is 0.390 e. The maximum Gasteiger partial charge on any atom is 0.144 e. The normalized spacial score (nSPS) is 13.9. The van der Waals surface area contributed by atoms with Crippen LogP contribution in [-0.2, 0) is 0 Å². The predicted octanol–water partition coefficient (Wildman–Crippen LogP) is 4.50. The summed E-state index contributed by atoms with van der Waals surface area (Å²) < 4.78 is 0. The van der Waals surface area contributed by atoms with E-state index in [4.69, 9.17) is 5.11 Å². The Hall–Kier alpha value is -1.30. The minimum Gasteiger partial charge on any atom is -0.390 e. The average molecular weight is 421 g/mol. The maximum absolute atomic E-state index is 9.94. The smallest absolute Gasteiger partial charge is 0.144 e. The van der Waals surface area contributed by atoms with Gasteiger partial charge in [0.2, 0.25) is 0 Å². The zero-order valence-electron chi connectivity index (χ0n) is 19.0. The highest BCUT2D eigenvalue weighted by Crippen LogP contribution is 2.13. The summed E-state index contributed by atoms with van der Waals surface area (Å²) in [5.74, 6) is 9.38. The summed E-state index contributed by atoms with van der Waals surface area (Å²) >= 11 is 0. The summed E-state index contributed by atoms with van der Waals surface area (Å²) in [6, 6.07) is 0. The van der Waals surface area contributed by atoms with E-state index in [0.29, 0.717) is 6.42 Å². The second kappa shape index (κ2) is 22.4. The van der Waals surface area contributed by atoms with E-state index < -0.39 is 18.3 Å². The lowest BCUT2D eigenvalue weighted by Crippen LogP contribution is -2.36. The van der Waals surface area contributed by atoms with Crippen molar-refractivity contribution in [3.63, 3.8) is 0 Å². The van der Waals surface area contributed by atoms with E-state index in [9.17, 15) is 15.3 Å². The molecule has 0 unspecified atom stereocenters. The van der Waals surface area contributed by atoms with Gasteiger partial charge < -0.3 is 20.4 Å². The fraction of sp³-hybridized carbons (Fsp3) is 0.769. The number of aliphatic hydroxyl groups excluding tert-OH is 4. The van der Waals surface area contributed by atoms with Crippen molar-refractivity contribution in [1.82, 2.24) is 0 Å². The van der Waals surface area contributed by atoms with Crippen molar-refractivity contribution in [2.45, 2.75) is 122 Å². The van der Waals surface area contributed by atoms with Gasteiger partial charge in [0.15, 0.2) is 0 Å². The first kappa shape index (κ1) is 28.7. The van der Waals surface area contributed by atoms with E-state index in [1.807, 2.05) is 0 Å². The molecule has 4 heteroatoms. The summed E-state index contributed by atoms with van der Waals surface area (Å²) in [6.07, 6.45) is 18.7. The van der Waals surface area contributed by atoms with Gasteiger partial charge in [-0.15, -0.1) is 0 Å². The predicted molar refractivity (Wildman–Crippen MR) is 125 cm³/mol. The van der Waals surface area contributed by atoms with Crippen LogP contribution in [0.15, 0.2) is 12.2 Å². The number of allylic oxidation sites excluding steroid dienone is 2. The molecule has 0 rings (SSSR count). The van der Waals surface area contributed by atoms with E-state index in [1.54, 1.807) is 0 Å². The second-order valence-electron chi connectivity index (χ2n) is 7.96. The molecule has 0 spiro atoms. The first-order valence-electron chi connectivity index (χ1n) is 11.9. The summed E-state index contributed by atoms with van der Waals surface area (Å²) in [5.41, 5.74) is 0. The number of unbranched alkanes of at least 4 members (excludes halogenated alkanes) is 12. The zero-order valence-corrected chi connectivity index (χ0v) is 19.0. The monoisotopic (exact) mass is 420 g/mol. The fourth-order valence-electron chi connectivity index (χ4n) is 3.26. The molecule has 3 atom stereocenters. The van der Waals surface area contributed by atoms with Crippen molar-refractivity contribution in [3.8, 4) is 23.7 Å². The molecule has 4 N–H and O–H groups in total. The van der Waals surface area contributed by atoms with Gasteiger partial charge in [-0.2, -0.15) is 0 Å². The minimum absolute atomic E-state index is 0.300. The van der Waals surface area contributed by atoms with Crippen LogP contribution in [0.5, 0.6) is 0 Å². The van der Waals surface area contributed by atoms with Crippen LogP contribution in [0.25, 0.3) is 0 Å². The van der Waals surface area contributed by atoms with Crippen LogP contribution in [0.4, 0.5) is 0 Å². The molecule has 0 bridgehead atoms. The van der Waals surface area contributed by atoms with Crippen molar-refractivity contribution in [3.05, 3.63) is 12.2 Å². The lowest BCUT2D eigenvalue weighted by molar-refractivity contribution is -0.0415. The zero-order chi connectivity index (χ0) is 22.3. The number of hydrogen-bond donors (Lipinski definition) is 4. The third-order valence-electron chi connectivity index (χ3n) is 5.18. The third-order valence-corrected chi connectivity index (χ3v) is 5.18. The molecule has 0 aliphatic carbocycles. The quantitative estimate of drug-likeness (QED) is 0.150. The molecule has 0 amide bonds. The van der Waals surface area contributed by atoms with E-state index in [1.165, 1.54) is 64.2 Å². The fourth-order valence-corrected chi connectivity index (χ4v) is 3.26. The van der Waals surface area contributed by atoms with Gasteiger partial charge in [-0.05, 0) is 43.9 Å². The molecule has 0 saturated heterocycles. The van der Waals surface area contributed by atoms with Crippen LogP contribution >= 0.6 is 0 Å². The van der Waals surface area contributed by atoms with Crippen LogP contribution in [0, 0.1) is 23.7 Å². The first-order chi connectivity index (χ1) is 14.6. The van der Waals surface area contributed by atoms with Crippen LogP contribution < -0.4 is 0 Å². The Labute approximate surface area is 184 Å². The summed E-state index contributed by atoms with van der Waals surface area (Å²) in [7, 11) is 0. The molecule has 0 heterocycles. The highest BCUT2D eigenvalue weighted by Gasteiger charge is 2.22. The van der Waals surface area contributed by atoms with Crippen molar-refractivity contribution in [2.75, 3.05) is 6.61 Å². The van der Waals surface area contributed by atoms with Gasteiger partial charge in [0, 0.05) is 0 Å². The van der Waals surface area contributed by atoms with E-state index in [0.717, 1.165) is 25.7 Å². The van der Waals surface area contributed by atoms with Crippen LogP contribution in [-0.4, -0.2) is 45.3 Å². The molecule has 172 valence electrons. The Bertz CT molecular complexity index is 521. The van der Waals surface area contributed by atoms with Gasteiger partial charge in [0.25, 0.3) is 0 Å². The molecule has 4 nitrogen and oxygen atoms in total. The lowest BCUT2D eigenvalue weighted by atomic mass is 10.0. The van der Waals surface area contributed by atoms with E-state index in [-0.39, 0.29) is 6.61 Å². The molecule has 0 aromatic heterocycles. The Morgan fingerprint density at radius 3 is 1.80 bits per heavy atom. The van der Waals surface area contributed by atoms with Crippen molar-refractivity contribution in [1.29, 1.82) is 0 Å². The second-order valence-corrected chi connectivity index (χ2v) is 7.96. The lowest BCUT2D eigenvalue weighted by Gasteiger charge is -2.19. The molecule has 0 aliphatic rings. The van der Waals surface area contributed by atoms with Crippen LogP contribution in [0.1, 0.15) is 103 Å². The highest BCUT2D eigenvalue weighted by atomic mass is 16.4. The highest BCUT2D eigenvalue weighted by molar-refractivity contribution is 5.27. The Morgan fingerprint density at radius 1 is 0.700 bits per heavy atom. The molecular formula is C26H44O4. The summed E-state index contributed by atoms with van der Waals surface area (Å²) in [4.78, 5) is 0. The van der Waals surface area contributed by atoms with Crippen LogP contribution in [0.2, 0.25) is 0 Å². The Balaban J connectivity index is 3.54. The van der Waals surface area contributed by atoms with E-state index >= 15 is 0 Å². The molecule has 30 heavy (non-hydrogen) atoms. The average Bonchev–Trinajstić information content (AvgIpc) is 2.75. The minimum atomic E-state index is -1.33. The molecule has 0 aromatic carbocycles. The van der Waals surface area contributed by atoms with Crippen molar-refractivity contribution >= 4 is 0 Å². The van der Waals surface area contributed by atoms with Crippen molar-refractivity contribution < 1.29 is 20.4 Å². The van der Waals surface area contributed by atoms with Gasteiger partial charge in [-0.25, -0.2) is 0 Å². The van der Waals surface area contributed by atoms with Gasteiger partial charge >= 0.3 is 0 Å². The standard InChI is InChI=1S/C26H44O4/c1-2-3-4-5-6-7-8-9-10-11-12-13-14-15-16-18-21-24(28)26(30)25(29)22-19-17-20-23-27/h10-11,24-30H,2-9,12-16,18,21,23H2,1H3/b11-10-/t24-,25+,26+/m0/s1. The Morgan fingerprint density at radius 2 is 1.23 bits per heavy atom. The summed E-state index contributed by atoms with van der Waals surface area (Å²) in [6.45, 7) is 1.96. The number of aliphatic hydroxyl groups is 4. The number of hydrogen-bond acceptors (Lipinski definition) is 4. The molecular weight excluding hydrogens is 376 g/mol. The third kappa shape index (κ3) is 18.7. The van der Waals surface area contributed by atoms with Gasteiger partial charge in [0.05, 0.1) is 6.10 Å². The van der Waals surface area contributed by atoms with Gasteiger partial charge in [0.1, 0.15) is 18.8 Å². The topological polar surface area (TPSA) is 80.9 Å². The molecule has 0 fully saturated rings. The SMILES string of the molecule is CCCCCCCCC/C=C\CCCCCCC[C@H](O)[C@@H](O)[C@H](O)C#CC#CCO. The molecule has 0 aromatic rings. The van der Waals surface area contributed by atoms with Crippen LogP contribution in [0.3, 0.4) is 0 Å². The molecule has 0 radical (unpaired) electrons. The Kier molecular flexibility index (Phi) is 21.4. The summed E-state index contributed by atoms with van der Waals surface area (Å²) in [5, 5.41) is 38.0. The van der Waals surface area contributed by atoms with Gasteiger partial charge in [-0.3, -0.25) is 0 Å². The molecule has 0 aliphatic heterocycles. The number of rotatable bonds is 18. The maximum atomic E-state index is 9.94. The first-order valence-corrected chi connectivity index (χ1v) is 11.9. The van der Waals surface area contributed by atoms with Gasteiger partial charge in [-0.1, -0.05) is 95.1 Å². The molecule has 0 saturated carbocycles.